The highest BCUT2D eigenvalue weighted by Gasteiger charge is 2.28. The first-order valence-corrected chi connectivity index (χ1v) is 14.1. The number of aromatic nitrogens is 2. The van der Waals surface area contributed by atoms with E-state index in [1.54, 1.807) is 12.4 Å². The maximum atomic E-state index is 10.1. The fraction of sp³-hybridized carbons (Fsp3) is 0.290. The molecule has 0 unspecified atom stereocenters. The molecule has 1 saturated heterocycles. The summed E-state index contributed by atoms with van der Waals surface area (Å²) in [6.45, 7) is 6.96. The van der Waals surface area contributed by atoms with Gasteiger partial charge in [-0.3, -0.25) is 0 Å². The van der Waals surface area contributed by atoms with Crippen LogP contribution in [0, 0.1) is 0 Å². The summed E-state index contributed by atoms with van der Waals surface area (Å²) < 4.78 is 11.6. The molecule has 0 radical (unpaired) electrons. The van der Waals surface area contributed by atoms with E-state index in [-0.39, 0.29) is 13.8 Å². The summed E-state index contributed by atoms with van der Waals surface area (Å²) >= 11 is 0. The van der Waals surface area contributed by atoms with Crippen LogP contribution < -0.4 is 25.5 Å². The topological polar surface area (TPSA) is 71.0 Å². The molecule has 0 aliphatic carbocycles. The summed E-state index contributed by atoms with van der Waals surface area (Å²) in [6.07, 6.45) is 5.43. The minimum absolute atomic E-state index is 0.131. The molecule has 0 bridgehead atoms. The Morgan fingerprint density at radius 2 is 1.65 bits per heavy atom. The minimum atomic E-state index is -0.283. The number of aryl methyl sites for hydroxylation is 1. The molecule has 1 fully saturated rings. The standard InChI is InChI=1S/C16H19BN4O.C15H15BO2/c22-17-5-4-13-2-3-14(12-15(13)17)20-8-10-21(11-9-20)16-18-6-1-7-19-16;1-16-15-13(11-18-16)8-5-9-14(15)17-10-12-6-3-2-4-7-12/h1-3,6-7,12,22H,4-5,8-11H2;2-9H,10-11H2,1H3. The van der Waals surface area contributed by atoms with Crippen LogP contribution in [0.2, 0.25) is 13.1 Å². The Kier molecular flexibility index (Phi) is 8.02. The van der Waals surface area contributed by atoms with Crippen molar-refractivity contribution in [1.82, 2.24) is 9.97 Å². The van der Waals surface area contributed by atoms with E-state index >= 15 is 0 Å². The Morgan fingerprint density at radius 3 is 2.45 bits per heavy atom. The molecule has 40 heavy (non-hydrogen) atoms. The Hall–Kier alpha value is -3.81. The third-order valence-electron chi connectivity index (χ3n) is 7.94. The Bertz CT molecular complexity index is 1420. The van der Waals surface area contributed by atoms with Gasteiger partial charge in [0.05, 0.1) is 6.61 Å². The fourth-order valence-corrected chi connectivity index (χ4v) is 5.72. The van der Waals surface area contributed by atoms with Crippen LogP contribution in [0.5, 0.6) is 5.75 Å². The average Bonchev–Trinajstić information content (AvgIpc) is 3.59. The molecule has 4 aromatic rings. The number of benzene rings is 3. The molecule has 3 aliphatic heterocycles. The minimum Gasteiger partial charge on any atom is -0.489 e. The maximum absolute atomic E-state index is 10.1. The number of rotatable bonds is 5. The summed E-state index contributed by atoms with van der Waals surface area (Å²) in [5.74, 6) is 1.76. The number of anilines is 2. The van der Waals surface area contributed by atoms with Gasteiger partial charge in [-0.05, 0) is 59.1 Å². The highest BCUT2D eigenvalue weighted by atomic mass is 16.5. The SMILES string of the molecule is CB1OCc2cccc(OCc3ccccc3)c21.OB1CCc2ccc(N3CCN(c4ncccn4)CC3)cc21. The second kappa shape index (κ2) is 12.1. The predicted octanol–water partition coefficient (Wildman–Crippen LogP) is 3.17. The van der Waals surface area contributed by atoms with Gasteiger partial charge in [-0.25, -0.2) is 9.97 Å². The lowest BCUT2D eigenvalue weighted by Gasteiger charge is -2.36. The molecule has 3 aliphatic rings. The highest BCUT2D eigenvalue weighted by molar-refractivity contribution is 6.68. The monoisotopic (exact) mass is 532 g/mol. The number of nitrogens with zero attached hydrogens (tertiary/aromatic N) is 4. The van der Waals surface area contributed by atoms with Crippen molar-refractivity contribution in [3.8, 4) is 5.75 Å². The van der Waals surface area contributed by atoms with Crippen molar-refractivity contribution in [2.45, 2.75) is 32.8 Å². The Labute approximate surface area is 237 Å². The molecule has 0 spiro atoms. The van der Waals surface area contributed by atoms with E-state index in [2.05, 4.69) is 63.0 Å². The van der Waals surface area contributed by atoms with Crippen molar-refractivity contribution in [1.29, 1.82) is 0 Å². The van der Waals surface area contributed by atoms with Crippen molar-refractivity contribution in [3.63, 3.8) is 0 Å². The van der Waals surface area contributed by atoms with Crippen LogP contribution in [-0.4, -0.2) is 55.0 Å². The molecule has 7 nitrogen and oxygen atoms in total. The maximum Gasteiger partial charge on any atom is 0.327 e. The highest BCUT2D eigenvalue weighted by Crippen LogP contribution is 2.22. The first-order valence-electron chi connectivity index (χ1n) is 14.1. The van der Waals surface area contributed by atoms with E-state index in [4.69, 9.17) is 9.39 Å². The lowest BCUT2D eigenvalue weighted by atomic mass is 9.63. The summed E-state index contributed by atoms with van der Waals surface area (Å²) in [5.41, 5.74) is 7.26. The summed E-state index contributed by atoms with van der Waals surface area (Å²) in [5, 5.41) is 10.1. The van der Waals surface area contributed by atoms with Gasteiger partial charge in [0.2, 0.25) is 5.95 Å². The summed E-state index contributed by atoms with van der Waals surface area (Å²) in [6, 6.07) is 24.7. The molecular formula is C31H34B2N4O3. The average molecular weight is 532 g/mol. The van der Waals surface area contributed by atoms with Crippen LogP contribution in [0.25, 0.3) is 0 Å². The summed E-state index contributed by atoms with van der Waals surface area (Å²) in [4.78, 5) is 13.2. The Balaban J connectivity index is 0.000000148. The van der Waals surface area contributed by atoms with Crippen molar-refractivity contribution < 1.29 is 14.4 Å². The molecule has 1 aromatic heterocycles. The molecule has 4 heterocycles. The third-order valence-corrected chi connectivity index (χ3v) is 7.94. The van der Waals surface area contributed by atoms with Crippen molar-refractivity contribution >= 4 is 36.4 Å². The zero-order valence-electron chi connectivity index (χ0n) is 22.9. The lowest BCUT2D eigenvalue weighted by molar-refractivity contribution is 0.308. The van der Waals surface area contributed by atoms with Crippen LogP contribution in [0.1, 0.15) is 16.7 Å². The van der Waals surface area contributed by atoms with Gasteiger partial charge < -0.3 is 24.2 Å². The zero-order valence-corrected chi connectivity index (χ0v) is 22.9. The smallest absolute Gasteiger partial charge is 0.327 e. The van der Waals surface area contributed by atoms with E-state index < -0.39 is 0 Å². The van der Waals surface area contributed by atoms with Crippen LogP contribution >= 0.6 is 0 Å². The van der Waals surface area contributed by atoms with E-state index in [0.29, 0.717) is 13.2 Å². The normalized spacial score (nSPS) is 15.8. The molecule has 7 rings (SSSR count). The molecule has 202 valence electrons. The fourth-order valence-electron chi connectivity index (χ4n) is 5.72. The van der Waals surface area contributed by atoms with Crippen molar-refractivity contribution in [2.24, 2.45) is 0 Å². The number of hydrogen-bond acceptors (Lipinski definition) is 7. The second-order valence-electron chi connectivity index (χ2n) is 10.5. The van der Waals surface area contributed by atoms with E-state index in [0.717, 1.165) is 56.1 Å². The lowest BCUT2D eigenvalue weighted by Crippen LogP contribution is -2.47. The molecule has 1 N–H and O–H groups in total. The molecular weight excluding hydrogens is 498 g/mol. The van der Waals surface area contributed by atoms with Crippen molar-refractivity contribution in [2.75, 3.05) is 36.0 Å². The van der Waals surface area contributed by atoms with Crippen LogP contribution in [0.15, 0.2) is 85.2 Å². The van der Waals surface area contributed by atoms with E-state index in [1.807, 2.05) is 36.4 Å². The van der Waals surface area contributed by atoms with Crippen LogP contribution in [0.3, 0.4) is 0 Å². The predicted molar refractivity (Wildman–Crippen MR) is 162 cm³/mol. The second-order valence-corrected chi connectivity index (χ2v) is 10.5. The number of ether oxygens (including phenoxy) is 1. The first kappa shape index (κ1) is 26.4. The quantitative estimate of drug-likeness (QED) is 0.396. The van der Waals surface area contributed by atoms with Crippen LogP contribution in [0.4, 0.5) is 11.6 Å². The van der Waals surface area contributed by atoms with Gasteiger partial charge in [-0.1, -0.05) is 60.9 Å². The molecule has 9 heteroatoms. The number of fused-ring (bicyclic) bond motifs is 2. The van der Waals surface area contributed by atoms with Gasteiger partial charge in [0.1, 0.15) is 12.4 Å². The van der Waals surface area contributed by atoms with Crippen molar-refractivity contribution in [3.05, 3.63) is 102 Å². The van der Waals surface area contributed by atoms with Gasteiger partial charge in [-0.2, -0.15) is 0 Å². The summed E-state index contributed by atoms with van der Waals surface area (Å²) in [7, 11) is 0. The zero-order chi connectivity index (χ0) is 27.3. The van der Waals surface area contributed by atoms with Gasteiger partial charge in [-0.15, -0.1) is 0 Å². The number of hydrogen-bond donors (Lipinski definition) is 1. The molecule has 0 amide bonds. The molecule has 3 aromatic carbocycles. The van der Waals surface area contributed by atoms with E-state index in [9.17, 15) is 5.02 Å². The largest absolute Gasteiger partial charge is 0.489 e. The first-order chi connectivity index (χ1) is 19.7. The molecule has 0 atom stereocenters. The van der Waals surface area contributed by atoms with E-state index in [1.165, 1.54) is 27.8 Å². The third kappa shape index (κ3) is 5.86. The van der Waals surface area contributed by atoms with Crippen LogP contribution in [-0.2, 0) is 24.3 Å². The Morgan fingerprint density at radius 1 is 0.875 bits per heavy atom. The van der Waals surface area contributed by atoms with Gasteiger partial charge in [0, 0.05) is 44.3 Å². The molecule has 0 saturated carbocycles. The number of piperazine rings is 1. The van der Waals surface area contributed by atoms with Gasteiger partial charge in [0.25, 0.3) is 0 Å². The van der Waals surface area contributed by atoms with Gasteiger partial charge in [0.15, 0.2) is 0 Å². The van der Waals surface area contributed by atoms with Gasteiger partial charge >= 0.3 is 13.8 Å².